The van der Waals surface area contributed by atoms with Gasteiger partial charge in [0.2, 0.25) is 5.91 Å². The standard InChI is InChI=1S/C10H20N2O2/c1-8(11)9(13)12(2)7-10(14)5-3-4-6-10/h8,14H,3-7,11H2,1-2H3/t8-/m1/s1. The lowest BCUT2D eigenvalue weighted by Gasteiger charge is -2.29. The Labute approximate surface area is 85.1 Å². The highest BCUT2D eigenvalue weighted by molar-refractivity contribution is 5.80. The Bertz CT molecular complexity index is 210. The molecule has 1 saturated carbocycles. The van der Waals surface area contributed by atoms with E-state index in [9.17, 15) is 9.90 Å². The first-order valence-electron chi connectivity index (χ1n) is 5.17. The number of likely N-dealkylation sites (N-methyl/N-ethyl adjacent to an activating group) is 1. The molecule has 1 atom stereocenters. The van der Waals surface area contributed by atoms with Gasteiger partial charge in [0.25, 0.3) is 0 Å². The molecule has 1 fully saturated rings. The third-order valence-corrected chi connectivity index (χ3v) is 2.83. The number of amides is 1. The fourth-order valence-electron chi connectivity index (χ4n) is 2.06. The molecule has 0 aliphatic heterocycles. The molecule has 1 amide bonds. The van der Waals surface area contributed by atoms with Crippen LogP contribution >= 0.6 is 0 Å². The van der Waals surface area contributed by atoms with Gasteiger partial charge in [0.05, 0.1) is 11.6 Å². The lowest BCUT2D eigenvalue weighted by atomic mass is 10.0. The molecule has 0 saturated heterocycles. The van der Waals surface area contributed by atoms with E-state index in [0.29, 0.717) is 6.54 Å². The van der Waals surface area contributed by atoms with Gasteiger partial charge >= 0.3 is 0 Å². The molecule has 0 radical (unpaired) electrons. The summed E-state index contributed by atoms with van der Waals surface area (Å²) >= 11 is 0. The molecule has 14 heavy (non-hydrogen) atoms. The van der Waals surface area contributed by atoms with Crippen LogP contribution in [0.15, 0.2) is 0 Å². The minimum absolute atomic E-state index is 0.106. The quantitative estimate of drug-likeness (QED) is 0.679. The van der Waals surface area contributed by atoms with Crippen LogP contribution in [0.1, 0.15) is 32.6 Å². The first-order valence-corrected chi connectivity index (χ1v) is 5.17. The highest BCUT2D eigenvalue weighted by Gasteiger charge is 2.33. The van der Waals surface area contributed by atoms with E-state index in [1.54, 1.807) is 14.0 Å². The molecule has 0 aromatic heterocycles. The maximum absolute atomic E-state index is 11.5. The average molecular weight is 200 g/mol. The van der Waals surface area contributed by atoms with Gasteiger partial charge in [-0.2, -0.15) is 0 Å². The van der Waals surface area contributed by atoms with E-state index in [2.05, 4.69) is 0 Å². The number of nitrogens with two attached hydrogens (primary N) is 1. The van der Waals surface area contributed by atoms with E-state index in [0.717, 1.165) is 25.7 Å². The summed E-state index contributed by atoms with van der Waals surface area (Å²) in [6.07, 6.45) is 3.70. The van der Waals surface area contributed by atoms with Gasteiger partial charge in [0.15, 0.2) is 0 Å². The Kier molecular flexibility index (Phi) is 3.50. The maximum atomic E-state index is 11.5. The molecule has 0 aromatic rings. The second-order valence-electron chi connectivity index (χ2n) is 4.41. The average Bonchev–Trinajstić information content (AvgIpc) is 2.50. The van der Waals surface area contributed by atoms with Gasteiger partial charge in [0, 0.05) is 13.6 Å². The van der Waals surface area contributed by atoms with Crippen molar-refractivity contribution in [2.24, 2.45) is 5.73 Å². The normalized spacial score (nSPS) is 22.0. The summed E-state index contributed by atoms with van der Waals surface area (Å²) in [6, 6.07) is -0.481. The van der Waals surface area contributed by atoms with Crippen LogP contribution in [0.25, 0.3) is 0 Å². The Morgan fingerprint density at radius 3 is 2.50 bits per heavy atom. The molecule has 1 aliphatic rings. The molecule has 0 aromatic carbocycles. The molecule has 4 heteroatoms. The molecule has 0 unspecified atom stereocenters. The van der Waals surface area contributed by atoms with E-state index in [1.165, 1.54) is 4.90 Å². The largest absolute Gasteiger partial charge is 0.388 e. The Morgan fingerprint density at radius 1 is 1.57 bits per heavy atom. The predicted molar refractivity (Wildman–Crippen MR) is 54.7 cm³/mol. The van der Waals surface area contributed by atoms with Crippen LogP contribution in [0.4, 0.5) is 0 Å². The predicted octanol–water partition coefficient (Wildman–Crippen LogP) is 0.0971. The van der Waals surface area contributed by atoms with Crippen LogP contribution in [0.2, 0.25) is 0 Å². The van der Waals surface area contributed by atoms with E-state index in [4.69, 9.17) is 5.73 Å². The third kappa shape index (κ3) is 2.69. The van der Waals surface area contributed by atoms with Crippen molar-refractivity contribution < 1.29 is 9.90 Å². The molecule has 82 valence electrons. The fraction of sp³-hybridized carbons (Fsp3) is 0.900. The molecule has 0 spiro atoms. The molecule has 1 aliphatic carbocycles. The summed E-state index contributed by atoms with van der Waals surface area (Å²) in [7, 11) is 1.70. The van der Waals surface area contributed by atoms with Gasteiger partial charge in [-0.25, -0.2) is 0 Å². The van der Waals surface area contributed by atoms with Crippen molar-refractivity contribution in [1.82, 2.24) is 4.90 Å². The summed E-state index contributed by atoms with van der Waals surface area (Å²) in [6.45, 7) is 2.07. The van der Waals surface area contributed by atoms with Crippen LogP contribution < -0.4 is 5.73 Å². The van der Waals surface area contributed by atoms with Crippen molar-refractivity contribution in [3.05, 3.63) is 0 Å². The second-order valence-corrected chi connectivity index (χ2v) is 4.41. The summed E-state index contributed by atoms with van der Waals surface area (Å²) in [4.78, 5) is 13.0. The zero-order valence-electron chi connectivity index (χ0n) is 8.99. The van der Waals surface area contributed by atoms with Crippen LogP contribution in [-0.4, -0.2) is 41.1 Å². The molecular formula is C10H20N2O2. The van der Waals surface area contributed by atoms with E-state index >= 15 is 0 Å². The SMILES string of the molecule is C[C@@H](N)C(=O)N(C)CC1(O)CCCC1. The Morgan fingerprint density at radius 2 is 2.07 bits per heavy atom. The summed E-state index contributed by atoms with van der Waals surface area (Å²) in [5, 5.41) is 10.1. The van der Waals surface area contributed by atoms with Crippen molar-refractivity contribution in [3.8, 4) is 0 Å². The summed E-state index contributed by atoms with van der Waals surface area (Å²) in [5.41, 5.74) is 4.81. The van der Waals surface area contributed by atoms with Crippen molar-refractivity contribution >= 4 is 5.91 Å². The minimum atomic E-state index is -0.667. The Hall–Kier alpha value is -0.610. The monoisotopic (exact) mass is 200 g/mol. The van der Waals surface area contributed by atoms with Crippen LogP contribution in [0.3, 0.4) is 0 Å². The first-order chi connectivity index (χ1) is 6.44. The van der Waals surface area contributed by atoms with E-state index in [1.807, 2.05) is 0 Å². The molecule has 0 bridgehead atoms. The third-order valence-electron chi connectivity index (χ3n) is 2.83. The number of carbonyl (C=O) groups excluding carboxylic acids is 1. The maximum Gasteiger partial charge on any atom is 0.239 e. The number of aliphatic hydroxyl groups is 1. The highest BCUT2D eigenvalue weighted by Crippen LogP contribution is 2.29. The number of hydrogen-bond donors (Lipinski definition) is 2. The van der Waals surface area contributed by atoms with Gasteiger partial charge < -0.3 is 15.7 Å². The molecule has 3 N–H and O–H groups in total. The van der Waals surface area contributed by atoms with Gasteiger partial charge in [-0.15, -0.1) is 0 Å². The summed E-state index contributed by atoms with van der Waals surface area (Å²) < 4.78 is 0. The number of nitrogens with zero attached hydrogens (tertiary/aromatic N) is 1. The highest BCUT2D eigenvalue weighted by atomic mass is 16.3. The van der Waals surface area contributed by atoms with Gasteiger partial charge in [0.1, 0.15) is 0 Å². The zero-order chi connectivity index (χ0) is 10.8. The number of rotatable bonds is 3. The van der Waals surface area contributed by atoms with E-state index < -0.39 is 11.6 Å². The fourth-order valence-corrected chi connectivity index (χ4v) is 2.06. The van der Waals surface area contributed by atoms with Crippen molar-refractivity contribution in [1.29, 1.82) is 0 Å². The zero-order valence-corrected chi connectivity index (χ0v) is 8.99. The van der Waals surface area contributed by atoms with Gasteiger partial charge in [-0.1, -0.05) is 12.8 Å². The topological polar surface area (TPSA) is 66.6 Å². The molecule has 1 rings (SSSR count). The number of carbonyl (C=O) groups is 1. The minimum Gasteiger partial charge on any atom is -0.388 e. The van der Waals surface area contributed by atoms with Crippen LogP contribution in [-0.2, 0) is 4.79 Å². The van der Waals surface area contributed by atoms with Crippen molar-refractivity contribution in [2.75, 3.05) is 13.6 Å². The van der Waals surface area contributed by atoms with Crippen LogP contribution in [0, 0.1) is 0 Å². The van der Waals surface area contributed by atoms with Crippen LogP contribution in [0.5, 0.6) is 0 Å². The molecule has 4 nitrogen and oxygen atoms in total. The second kappa shape index (κ2) is 4.28. The first kappa shape index (κ1) is 11.5. The summed E-state index contributed by atoms with van der Waals surface area (Å²) in [5.74, 6) is -0.106. The van der Waals surface area contributed by atoms with Crippen molar-refractivity contribution in [3.63, 3.8) is 0 Å². The Balaban J connectivity index is 2.47. The molecule has 0 heterocycles. The van der Waals surface area contributed by atoms with Gasteiger partial charge in [-0.3, -0.25) is 4.79 Å². The van der Waals surface area contributed by atoms with Gasteiger partial charge in [-0.05, 0) is 19.8 Å². The van der Waals surface area contributed by atoms with Crippen molar-refractivity contribution in [2.45, 2.75) is 44.2 Å². The van der Waals surface area contributed by atoms with E-state index in [-0.39, 0.29) is 5.91 Å². The number of hydrogen-bond acceptors (Lipinski definition) is 3. The molecular weight excluding hydrogens is 180 g/mol. The lowest BCUT2D eigenvalue weighted by Crippen LogP contribution is -2.47. The lowest BCUT2D eigenvalue weighted by molar-refractivity contribution is -0.134. The smallest absolute Gasteiger partial charge is 0.239 e.